The molecular formula is C22H20N2O5S. The van der Waals surface area contributed by atoms with Gasteiger partial charge in [0.05, 0.1) is 24.3 Å². The quantitative estimate of drug-likeness (QED) is 0.567. The van der Waals surface area contributed by atoms with Crippen molar-refractivity contribution in [2.45, 2.75) is 17.9 Å². The van der Waals surface area contributed by atoms with Gasteiger partial charge in [0.2, 0.25) is 15.9 Å². The number of hydrogen-bond donors (Lipinski definition) is 2. The van der Waals surface area contributed by atoms with Gasteiger partial charge < -0.3 is 14.5 Å². The molecule has 0 spiro atoms. The van der Waals surface area contributed by atoms with Gasteiger partial charge in [-0.2, -0.15) is 0 Å². The number of fused-ring (bicyclic) bond motifs is 1. The molecule has 2 N–H and O–H groups in total. The fraction of sp³-hybridized carbons (Fsp3) is 0.136. The molecular weight excluding hydrogens is 404 g/mol. The van der Waals surface area contributed by atoms with Crippen LogP contribution in [0.3, 0.4) is 0 Å². The number of ether oxygens (including phenoxy) is 1. The number of carbonyl (C=O) groups excluding carboxylic acids is 1. The number of sulfonamides is 1. The molecule has 4 rings (SSSR count). The first kappa shape index (κ1) is 19.9. The first-order valence-electron chi connectivity index (χ1n) is 9.36. The number of amides is 1. The lowest BCUT2D eigenvalue weighted by atomic mass is 10.1. The largest absolute Gasteiger partial charge is 0.493 e. The van der Waals surface area contributed by atoms with Gasteiger partial charge in [0.15, 0.2) is 0 Å². The van der Waals surface area contributed by atoms with Crippen molar-refractivity contribution in [2.24, 2.45) is 0 Å². The Morgan fingerprint density at radius 3 is 2.83 bits per heavy atom. The van der Waals surface area contributed by atoms with Crippen LogP contribution in [0, 0.1) is 0 Å². The number of hydrogen-bond acceptors (Lipinski definition) is 5. The van der Waals surface area contributed by atoms with Crippen LogP contribution >= 0.6 is 0 Å². The van der Waals surface area contributed by atoms with Crippen LogP contribution in [0.15, 0.2) is 76.2 Å². The summed E-state index contributed by atoms with van der Waals surface area (Å²) in [6.07, 6.45) is 5.45. The summed E-state index contributed by atoms with van der Waals surface area (Å²) in [5.74, 6) is 1.03. The maximum absolute atomic E-state index is 12.5. The maximum Gasteiger partial charge on any atom is 0.248 e. The highest BCUT2D eigenvalue weighted by Crippen LogP contribution is 2.26. The van der Waals surface area contributed by atoms with E-state index in [1.165, 1.54) is 24.5 Å². The lowest BCUT2D eigenvalue weighted by molar-refractivity contribution is -0.111. The normalized spacial score (nSPS) is 13.2. The van der Waals surface area contributed by atoms with Gasteiger partial charge in [0.1, 0.15) is 11.5 Å². The van der Waals surface area contributed by atoms with Crippen LogP contribution in [0.25, 0.3) is 6.08 Å². The highest BCUT2D eigenvalue weighted by Gasteiger charge is 2.15. The van der Waals surface area contributed by atoms with E-state index in [1.54, 1.807) is 30.3 Å². The summed E-state index contributed by atoms with van der Waals surface area (Å²) in [4.78, 5) is 12.3. The first-order valence-corrected chi connectivity index (χ1v) is 10.8. The molecule has 1 aromatic heterocycles. The van der Waals surface area contributed by atoms with Crippen molar-refractivity contribution in [1.82, 2.24) is 4.72 Å². The summed E-state index contributed by atoms with van der Waals surface area (Å²) in [6.45, 7) is 0.721. The van der Waals surface area contributed by atoms with Gasteiger partial charge in [-0.05, 0) is 59.7 Å². The van der Waals surface area contributed by atoms with E-state index in [1.807, 2.05) is 18.2 Å². The van der Waals surface area contributed by atoms with E-state index in [0.717, 1.165) is 23.3 Å². The van der Waals surface area contributed by atoms with Crippen LogP contribution in [-0.4, -0.2) is 20.9 Å². The predicted octanol–water partition coefficient (Wildman–Crippen LogP) is 3.34. The third-order valence-corrected chi connectivity index (χ3v) is 5.97. The standard InChI is InChI=1S/C22H20N2O5S/c25-22(9-7-16-6-8-21-17(13-16)10-12-29-21)24-18-3-1-5-20(14-18)30(26,27)23-15-19-4-2-11-28-19/h1-9,11,13-14,23H,10,12,15H2,(H,24,25). The molecule has 0 saturated carbocycles. The Balaban J connectivity index is 1.40. The monoisotopic (exact) mass is 424 g/mol. The number of anilines is 1. The molecule has 30 heavy (non-hydrogen) atoms. The van der Waals surface area contributed by atoms with Gasteiger partial charge in [-0.1, -0.05) is 12.1 Å². The SMILES string of the molecule is O=C(C=Cc1ccc2c(c1)CCO2)Nc1cccc(S(=O)(=O)NCc2ccco2)c1. The molecule has 0 unspecified atom stereocenters. The average molecular weight is 424 g/mol. The van der Waals surface area contributed by atoms with Gasteiger partial charge in [-0.25, -0.2) is 13.1 Å². The average Bonchev–Trinajstić information content (AvgIpc) is 3.42. The van der Waals surface area contributed by atoms with Crippen LogP contribution in [0.4, 0.5) is 5.69 Å². The van der Waals surface area contributed by atoms with E-state index >= 15 is 0 Å². The fourth-order valence-electron chi connectivity index (χ4n) is 3.07. The van der Waals surface area contributed by atoms with E-state index < -0.39 is 10.0 Å². The molecule has 1 aliphatic heterocycles. The van der Waals surface area contributed by atoms with Crippen molar-refractivity contribution in [2.75, 3.05) is 11.9 Å². The Morgan fingerprint density at radius 1 is 1.10 bits per heavy atom. The molecule has 0 aliphatic carbocycles. The molecule has 8 heteroatoms. The molecule has 154 valence electrons. The van der Waals surface area contributed by atoms with Crippen molar-refractivity contribution in [1.29, 1.82) is 0 Å². The summed E-state index contributed by atoms with van der Waals surface area (Å²) in [5.41, 5.74) is 2.40. The number of nitrogens with one attached hydrogen (secondary N) is 2. The minimum absolute atomic E-state index is 0.0421. The maximum atomic E-state index is 12.5. The van der Waals surface area contributed by atoms with E-state index in [2.05, 4.69) is 10.0 Å². The van der Waals surface area contributed by atoms with Crippen molar-refractivity contribution < 1.29 is 22.4 Å². The van der Waals surface area contributed by atoms with Gasteiger partial charge in [-0.3, -0.25) is 4.79 Å². The van der Waals surface area contributed by atoms with Gasteiger partial charge in [-0.15, -0.1) is 0 Å². The third kappa shape index (κ3) is 4.79. The minimum Gasteiger partial charge on any atom is -0.493 e. The molecule has 0 radical (unpaired) electrons. The van der Waals surface area contributed by atoms with Gasteiger partial charge in [0, 0.05) is 18.2 Å². The van der Waals surface area contributed by atoms with Crippen molar-refractivity contribution >= 4 is 27.7 Å². The summed E-state index contributed by atoms with van der Waals surface area (Å²) in [6, 6.07) is 15.2. The Hall–Kier alpha value is -3.36. The highest BCUT2D eigenvalue weighted by molar-refractivity contribution is 7.89. The zero-order valence-electron chi connectivity index (χ0n) is 16.0. The summed E-state index contributed by atoms with van der Waals surface area (Å²) < 4.78 is 38.0. The molecule has 0 atom stereocenters. The highest BCUT2D eigenvalue weighted by atomic mass is 32.2. The van der Waals surface area contributed by atoms with Crippen LogP contribution in [0.5, 0.6) is 5.75 Å². The van der Waals surface area contributed by atoms with Crippen LogP contribution in [-0.2, 0) is 27.8 Å². The second-order valence-electron chi connectivity index (χ2n) is 6.72. The molecule has 0 bridgehead atoms. The van der Waals surface area contributed by atoms with Gasteiger partial charge in [0.25, 0.3) is 0 Å². The summed E-state index contributed by atoms with van der Waals surface area (Å²) in [7, 11) is -3.75. The molecule has 1 amide bonds. The van der Waals surface area contributed by atoms with E-state index in [9.17, 15) is 13.2 Å². The second kappa shape index (κ2) is 8.56. The molecule has 0 fully saturated rings. The van der Waals surface area contributed by atoms with Gasteiger partial charge >= 0.3 is 0 Å². The molecule has 1 aliphatic rings. The second-order valence-corrected chi connectivity index (χ2v) is 8.49. The van der Waals surface area contributed by atoms with Crippen LogP contribution in [0.2, 0.25) is 0 Å². The minimum atomic E-state index is -3.75. The number of carbonyl (C=O) groups is 1. The van der Waals surface area contributed by atoms with E-state index in [4.69, 9.17) is 9.15 Å². The third-order valence-electron chi connectivity index (χ3n) is 4.57. The molecule has 2 heterocycles. The van der Waals surface area contributed by atoms with E-state index in [0.29, 0.717) is 18.1 Å². The summed E-state index contributed by atoms with van der Waals surface area (Å²) >= 11 is 0. The number of furan rings is 1. The first-order chi connectivity index (χ1) is 14.5. The topological polar surface area (TPSA) is 97.6 Å². The number of benzene rings is 2. The Labute approximate surface area is 174 Å². The molecule has 0 saturated heterocycles. The predicted molar refractivity (Wildman–Crippen MR) is 112 cm³/mol. The van der Waals surface area contributed by atoms with Crippen LogP contribution < -0.4 is 14.8 Å². The molecule has 2 aromatic carbocycles. The molecule has 7 nitrogen and oxygen atoms in total. The van der Waals surface area contributed by atoms with Crippen molar-refractivity contribution in [3.8, 4) is 5.75 Å². The fourth-order valence-corrected chi connectivity index (χ4v) is 4.11. The smallest absolute Gasteiger partial charge is 0.248 e. The van der Waals surface area contributed by atoms with Crippen molar-refractivity contribution in [3.63, 3.8) is 0 Å². The van der Waals surface area contributed by atoms with E-state index in [-0.39, 0.29) is 17.3 Å². The lowest BCUT2D eigenvalue weighted by Gasteiger charge is -2.08. The Kier molecular flexibility index (Phi) is 5.69. The Morgan fingerprint density at radius 2 is 2.00 bits per heavy atom. The van der Waals surface area contributed by atoms with Crippen molar-refractivity contribution in [3.05, 3.63) is 83.8 Å². The van der Waals surface area contributed by atoms with Crippen LogP contribution in [0.1, 0.15) is 16.9 Å². The zero-order valence-corrected chi connectivity index (χ0v) is 16.8. The summed E-state index contributed by atoms with van der Waals surface area (Å²) in [5, 5.41) is 2.69. The Bertz CT molecular complexity index is 1180. The lowest BCUT2D eigenvalue weighted by Crippen LogP contribution is -2.23. The zero-order chi connectivity index (χ0) is 21.0. The molecule has 3 aromatic rings. The number of rotatable bonds is 7.